The van der Waals surface area contributed by atoms with Crippen molar-refractivity contribution in [2.45, 2.75) is 25.5 Å². The lowest BCUT2D eigenvalue weighted by atomic mass is 10.2. The van der Waals surface area contributed by atoms with E-state index in [1.165, 1.54) is 0 Å². The molecule has 1 aromatic rings. The summed E-state index contributed by atoms with van der Waals surface area (Å²) in [6.07, 6.45) is 0. The molecule has 0 heterocycles. The Labute approximate surface area is 102 Å². The normalized spacial score (nSPS) is 12.2. The van der Waals surface area contributed by atoms with Crippen LogP contribution < -0.4 is 10.5 Å². The van der Waals surface area contributed by atoms with Crippen LogP contribution in [0.25, 0.3) is 0 Å². The summed E-state index contributed by atoms with van der Waals surface area (Å²) in [4.78, 5) is 0. The molecule has 0 aliphatic heterocycles. The number of anilines is 1. The molecule has 5 nitrogen and oxygen atoms in total. The van der Waals surface area contributed by atoms with Gasteiger partial charge in [0.15, 0.2) is 0 Å². The molecule has 0 aromatic heterocycles. The molecule has 0 spiro atoms. The van der Waals surface area contributed by atoms with Crippen LogP contribution in [-0.4, -0.2) is 19.0 Å². The summed E-state index contributed by atoms with van der Waals surface area (Å²) >= 11 is 0. The average molecular weight is 255 g/mol. The lowest BCUT2D eigenvalue weighted by molar-refractivity contribution is 0.566. The van der Waals surface area contributed by atoms with Crippen molar-refractivity contribution in [2.75, 3.05) is 4.72 Å². The summed E-state index contributed by atoms with van der Waals surface area (Å²) in [5.41, 5.74) is 6.33. The van der Waals surface area contributed by atoms with Crippen molar-refractivity contribution in [1.82, 2.24) is 0 Å². The van der Waals surface area contributed by atoms with Gasteiger partial charge in [0.05, 0.1) is 4.75 Å². The molecule has 17 heavy (non-hydrogen) atoms. The third kappa shape index (κ3) is 3.20. The molecule has 0 fully saturated rings. The maximum absolute atomic E-state index is 11.9. The van der Waals surface area contributed by atoms with E-state index in [0.29, 0.717) is 11.3 Å². The molecule has 1 aromatic carbocycles. The smallest absolute Gasteiger partial charge is 0.237 e. The Balaban J connectivity index is 2.95. The van der Waals surface area contributed by atoms with Gasteiger partial charge in [-0.15, -0.1) is 0 Å². The van der Waals surface area contributed by atoms with E-state index in [2.05, 4.69) is 4.72 Å². The fourth-order valence-electron chi connectivity index (χ4n) is 1.03. The highest BCUT2D eigenvalue weighted by Crippen LogP contribution is 2.19. The molecule has 0 atom stereocenters. The number of hydrogen-bond acceptors (Lipinski definition) is 3. The van der Waals surface area contributed by atoms with Crippen LogP contribution in [0.4, 0.5) is 5.69 Å². The van der Waals surface area contributed by atoms with Crippen molar-refractivity contribution < 1.29 is 8.42 Å². The molecule has 0 saturated carbocycles. The maximum atomic E-state index is 11.9. The van der Waals surface area contributed by atoms with Crippen LogP contribution in [0, 0.1) is 5.41 Å². The van der Waals surface area contributed by atoms with E-state index in [0.717, 1.165) is 0 Å². The first kappa shape index (κ1) is 13.5. The molecule has 94 valence electrons. The molecule has 4 N–H and O–H groups in total. The molecule has 0 aliphatic carbocycles. The zero-order valence-electron chi connectivity index (χ0n) is 10.1. The number of rotatable bonds is 3. The van der Waals surface area contributed by atoms with Gasteiger partial charge in [0.2, 0.25) is 10.0 Å². The van der Waals surface area contributed by atoms with Crippen LogP contribution in [0.5, 0.6) is 0 Å². The standard InChI is InChI=1S/C11H17N3O2S/c1-11(2,3)17(15,16)14-9-6-4-8(5-7-9)10(12)13/h4-7,14H,1-3H3,(H3,12,13). The fourth-order valence-corrected chi connectivity index (χ4v) is 1.78. The van der Waals surface area contributed by atoms with Gasteiger partial charge in [-0.25, -0.2) is 8.42 Å². The van der Waals surface area contributed by atoms with E-state index >= 15 is 0 Å². The Morgan fingerprint density at radius 2 is 1.71 bits per heavy atom. The second-order valence-corrected chi connectivity index (χ2v) is 7.14. The van der Waals surface area contributed by atoms with Crippen molar-refractivity contribution >= 4 is 21.5 Å². The van der Waals surface area contributed by atoms with E-state index in [4.69, 9.17) is 11.1 Å². The van der Waals surface area contributed by atoms with Crippen LogP contribution in [0.1, 0.15) is 26.3 Å². The van der Waals surface area contributed by atoms with E-state index < -0.39 is 14.8 Å². The highest BCUT2D eigenvalue weighted by Gasteiger charge is 2.28. The van der Waals surface area contributed by atoms with Crippen LogP contribution >= 0.6 is 0 Å². The quantitative estimate of drug-likeness (QED) is 0.564. The first-order chi connectivity index (χ1) is 7.63. The molecule has 0 aliphatic rings. The minimum absolute atomic E-state index is 0.0461. The van der Waals surface area contributed by atoms with Crippen molar-refractivity contribution in [2.24, 2.45) is 5.73 Å². The summed E-state index contributed by atoms with van der Waals surface area (Å²) in [5.74, 6) is -0.0461. The minimum Gasteiger partial charge on any atom is -0.384 e. The first-order valence-corrected chi connectivity index (χ1v) is 6.58. The summed E-state index contributed by atoms with van der Waals surface area (Å²) in [6.45, 7) is 4.87. The molecule has 1 rings (SSSR count). The largest absolute Gasteiger partial charge is 0.384 e. The Kier molecular flexibility index (Phi) is 3.47. The van der Waals surface area contributed by atoms with Crippen LogP contribution in [0.15, 0.2) is 24.3 Å². The van der Waals surface area contributed by atoms with Gasteiger partial charge in [0.25, 0.3) is 0 Å². The van der Waals surface area contributed by atoms with Gasteiger partial charge in [-0.1, -0.05) is 0 Å². The third-order valence-corrected chi connectivity index (χ3v) is 4.37. The van der Waals surface area contributed by atoms with Crippen molar-refractivity contribution in [3.8, 4) is 0 Å². The molecule has 0 amide bonds. The summed E-state index contributed by atoms with van der Waals surface area (Å²) < 4.78 is 25.3. The maximum Gasteiger partial charge on any atom is 0.237 e. The second kappa shape index (κ2) is 4.37. The Hall–Kier alpha value is -1.56. The third-order valence-electron chi connectivity index (χ3n) is 2.25. The molecular formula is C11H17N3O2S. The summed E-state index contributed by atoms with van der Waals surface area (Å²) in [5, 5.41) is 7.22. The van der Waals surface area contributed by atoms with Gasteiger partial charge in [0.1, 0.15) is 5.84 Å². The molecular weight excluding hydrogens is 238 g/mol. The van der Waals surface area contributed by atoms with E-state index in [9.17, 15) is 8.42 Å². The lowest BCUT2D eigenvalue weighted by Gasteiger charge is -2.20. The zero-order valence-corrected chi connectivity index (χ0v) is 10.9. The Bertz CT molecular complexity index is 513. The van der Waals surface area contributed by atoms with E-state index in [1.807, 2.05) is 0 Å². The van der Waals surface area contributed by atoms with Gasteiger partial charge in [-0.3, -0.25) is 10.1 Å². The van der Waals surface area contributed by atoms with Crippen LogP contribution in [-0.2, 0) is 10.0 Å². The number of hydrogen-bond donors (Lipinski definition) is 3. The van der Waals surface area contributed by atoms with E-state index in [1.54, 1.807) is 45.0 Å². The summed E-state index contributed by atoms with van der Waals surface area (Å²) in [6, 6.07) is 6.37. The van der Waals surface area contributed by atoms with Gasteiger partial charge >= 0.3 is 0 Å². The monoisotopic (exact) mass is 255 g/mol. The predicted octanol–water partition coefficient (Wildman–Crippen LogP) is 1.51. The second-order valence-electron chi connectivity index (χ2n) is 4.71. The van der Waals surface area contributed by atoms with Gasteiger partial charge < -0.3 is 5.73 Å². The van der Waals surface area contributed by atoms with Gasteiger partial charge in [-0.05, 0) is 45.0 Å². The van der Waals surface area contributed by atoms with Crippen LogP contribution in [0.2, 0.25) is 0 Å². The molecule has 0 bridgehead atoms. The van der Waals surface area contributed by atoms with E-state index in [-0.39, 0.29) is 5.84 Å². The van der Waals surface area contributed by atoms with Crippen molar-refractivity contribution in [3.05, 3.63) is 29.8 Å². The Morgan fingerprint density at radius 3 is 2.06 bits per heavy atom. The van der Waals surface area contributed by atoms with Crippen molar-refractivity contribution in [1.29, 1.82) is 5.41 Å². The number of nitrogens with two attached hydrogens (primary N) is 1. The number of benzene rings is 1. The first-order valence-electron chi connectivity index (χ1n) is 5.10. The highest BCUT2D eigenvalue weighted by atomic mass is 32.2. The SMILES string of the molecule is CC(C)(C)S(=O)(=O)Nc1ccc(C(=N)N)cc1. The van der Waals surface area contributed by atoms with Crippen molar-refractivity contribution in [3.63, 3.8) is 0 Å². The number of nitrogens with one attached hydrogen (secondary N) is 2. The molecule has 0 saturated heterocycles. The number of amidine groups is 1. The topological polar surface area (TPSA) is 96.0 Å². The van der Waals surface area contributed by atoms with Crippen LogP contribution in [0.3, 0.4) is 0 Å². The molecule has 0 unspecified atom stereocenters. The fraction of sp³-hybridized carbons (Fsp3) is 0.364. The minimum atomic E-state index is -3.42. The highest BCUT2D eigenvalue weighted by molar-refractivity contribution is 7.94. The van der Waals surface area contributed by atoms with Gasteiger partial charge in [0, 0.05) is 11.3 Å². The Morgan fingerprint density at radius 1 is 1.24 bits per heavy atom. The summed E-state index contributed by atoms with van der Waals surface area (Å²) in [7, 11) is -3.42. The number of nitrogen functional groups attached to an aromatic ring is 1. The zero-order chi connectivity index (χ0) is 13.3. The van der Waals surface area contributed by atoms with Gasteiger partial charge in [-0.2, -0.15) is 0 Å². The lowest BCUT2D eigenvalue weighted by Crippen LogP contribution is -2.33. The predicted molar refractivity (Wildman–Crippen MR) is 69.8 cm³/mol. The molecule has 6 heteroatoms. The number of sulfonamides is 1. The average Bonchev–Trinajstić information content (AvgIpc) is 2.16. The molecule has 0 radical (unpaired) electrons.